The Labute approximate surface area is 105 Å². The minimum absolute atomic E-state index is 0.178. The van der Waals surface area contributed by atoms with Gasteiger partial charge in [-0.2, -0.15) is 4.39 Å². The van der Waals surface area contributed by atoms with E-state index in [2.05, 4.69) is 4.98 Å². The zero-order valence-electron chi connectivity index (χ0n) is 10.3. The van der Waals surface area contributed by atoms with E-state index in [4.69, 9.17) is 0 Å². The second-order valence-corrected chi connectivity index (χ2v) is 4.70. The van der Waals surface area contributed by atoms with Crippen molar-refractivity contribution in [1.82, 2.24) is 9.88 Å². The topological polar surface area (TPSA) is 53.4 Å². The number of halogens is 1. The number of amides is 1. The lowest BCUT2D eigenvalue weighted by molar-refractivity contribution is 0.0267. The van der Waals surface area contributed by atoms with E-state index in [1.165, 1.54) is 17.2 Å². The van der Waals surface area contributed by atoms with Gasteiger partial charge in [0, 0.05) is 24.9 Å². The normalized spacial score (nSPS) is 23.7. The highest BCUT2D eigenvalue weighted by atomic mass is 19.1. The van der Waals surface area contributed by atoms with Crippen LogP contribution in [-0.4, -0.2) is 40.1 Å². The summed E-state index contributed by atoms with van der Waals surface area (Å²) in [5, 5.41) is 9.91. The van der Waals surface area contributed by atoms with Crippen LogP contribution in [0.15, 0.2) is 18.3 Å². The van der Waals surface area contributed by atoms with Gasteiger partial charge in [-0.05, 0) is 18.9 Å². The van der Waals surface area contributed by atoms with Crippen molar-refractivity contribution in [3.63, 3.8) is 0 Å². The number of pyridine rings is 1. The lowest BCUT2D eigenvalue weighted by Gasteiger charge is -2.35. The van der Waals surface area contributed by atoms with Crippen molar-refractivity contribution < 1.29 is 14.3 Å². The summed E-state index contributed by atoms with van der Waals surface area (Å²) in [5.74, 6) is -0.944. The Morgan fingerprint density at radius 1 is 1.50 bits per heavy atom. The lowest BCUT2D eigenvalue weighted by Crippen LogP contribution is -2.46. The predicted molar refractivity (Wildman–Crippen MR) is 64.6 cm³/mol. The van der Waals surface area contributed by atoms with E-state index in [0.29, 0.717) is 6.42 Å². The highest BCUT2D eigenvalue weighted by molar-refractivity contribution is 5.94. The van der Waals surface area contributed by atoms with Crippen molar-refractivity contribution in [3.05, 3.63) is 29.8 Å². The summed E-state index contributed by atoms with van der Waals surface area (Å²) in [5.41, 5.74) is 0.266. The monoisotopic (exact) mass is 252 g/mol. The van der Waals surface area contributed by atoms with Gasteiger partial charge in [0.25, 0.3) is 5.91 Å². The summed E-state index contributed by atoms with van der Waals surface area (Å²) < 4.78 is 13.0. The smallest absolute Gasteiger partial charge is 0.254 e. The van der Waals surface area contributed by atoms with Crippen molar-refractivity contribution in [1.29, 1.82) is 0 Å². The first-order valence-corrected chi connectivity index (χ1v) is 6.16. The summed E-state index contributed by atoms with van der Waals surface area (Å²) in [6.45, 7) is 0. The quantitative estimate of drug-likeness (QED) is 0.813. The fraction of sp³-hybridized carbons (Fsp3) is 0.538. The minimum Gasteiger partial charge on any atom is -0.391 e. The molecular weight excluding hydrogens is 235 g/mol. The molecule has 0 aliphatic heterocycles. The zero-order valence-corrected chi connectivity index (χ0v) is 10.3. The molecule has 1 amide bonds. The molecule has 5 heteroatoms. The van der Waals surface area contributed by atoms with E-state index in [0.717, 1.165) is 25.3 Å². The van der Waals surface area contributed by atoms with Gasteiger partial charge in [-0.25, -0.2) is 4.98 Å². The Hall–Kier alpha value is -1.49. The number of hydrogen-bond acceptors (Lipinski definition) is 3. The van der Waals surface area contributed by atoms with Crippen LogP contribution in [0.1, 0.15) is 36.0 Å². The Morgan fingerprint density at radius 3 is 2.89 bits per heavy atom. The molecular formula is C13H17FN2O2. The van der Waals surface area contributed by atoms with Gasteiger partial charge in [0.1, 0.15) is 0 Å². The van der Waals surface area contributed by atoms with Crippen LogP contribution in [0.5, 0.6) is 0 Å². The molecule has 18 heavy (non-hydrogen) atoms. The van der Waals surface area contributed by atoms with Gasteiger partial charge in [-0.3, -0.25) is 4.79 Å². The molecule has 0 bridgehead atoms. The summed E-state index contributed by atoms with van der Waals surface area (Å²) >= 11 is 0. The summed E-state index contributed by atoms with van der Waals surface area (Å²) in [4.78, 5) is 17.1. The highest BCUT2D eigenvalue weighted by Crippen LogP contribution is 2.23. The third kappa shape index (κ3) is 2.67. The first kappa shape index (κ1) is 13.0. The number of hydrogen-bond donors (Lipinski definition) is 1. The number of aliphatic hydroxyl groups is 1. The number of aliphatic hydroxyl groups excluding tert-OH is 1. The van der Waals surface area contributed by atoms with Crippen molar-refractivity contribution in [3.8, 4) is 0 Å². The van der Waals surface area contributed by atoms with Gasteiger partial charge in [-0.1, -0.05) is 12.8 Å². The fourth-order valence-corrected chi connectivity index (χ4v) is 2.43. The van der Waals surface area contributed by atoms with Crippen LogP contribution in [-0.2, 0) is 0 Å². The molecule has 1 fully saturated rings. The third-order valence-electron chi connectivity index (χ3n) is 3.49. The number of carbonyl (C=O) groups is 1. The molecule has 4 nitrogen and oxygen atoms in total. The molecule has 1 saturated carbocycles. The Balaban J connectivity index is 2.13. The molecule has 1 aromatic heterocycles. The van der Waals surface area contributed by atoms with Crippen LogP contribution in [0.4, 0.5) is 4.39 Å². The molecule has 1 aromatic rings. The molecule has 0 radical (unpaired) electrons. The van der Waals surface area contributed by atoms with Crippen LogP contribution >= 0.6 is 0 Å². The number of likely N-dealkylation sites (N-methyl/N-ethyl adjacent to an activating group) is 1. The second-order valence-electron chi connectivity index (χ2n) is 4.70. The summed E-state index contributed by atoms with van der Waals surface area (Å²) in [6, 6.07) is 2.42. The van der Waals surface area contributed by atoms with E-state index in [1.807, 2.05) is 0 Å². The molecule has 0 saturated heterocycles. The van der Waals surface area contributed by atoms with E-state index in [-0.39, 0.29) is 17.5 Å². The average Bonchev–Trinajstić information content (AvgIpc) is 2.37. The van der Waals surface area contributed by atoms with Gasteiger partial charge >= 0.3 is 0 Å². The number of carbonyl (C=O) groups excluding carboxylic acids is 1. The van der Waals surface area contributed by atoms with E-state index in [1.54, 1.807) is 7.05 Å². The maximum Gasteiger partial charge on any atom is 0.254 e. The first-order valence-electron chi connectivity index (χ1n) is 6.16. The zero-order chi connectivity index (χ0) is 13.1. The van der Waals surface area contributed by atoms with E-state index in [9.17, 15) is 14.3 Å². The van der Waals surface area contributed by atoms with Crippen LogP contribution in [0.3, 0.4) is 0 Å². The molecule has 2 unspecified atom stereocenters. The van der Waals surface area contributed by atoms with E-state index < -0.39 is 12.1 Å². The van der Waals surface area contributed by atoms with Crippen LogP contribution in [0.25, 0.3) is 0 Å². The van der Waals surface area contributed by atoms with Crippen LogP contribution in [0.2, 0.25) is 0 Å². The predicted octanol–water partition coefficient (Wildman–Crippen LogP) is 1.60. The number of nitrogens with zero attached hydrogens (tertiary/aromatic N) is 2. The van der Waals surface area contributed by atoms with Gasteiger partial charge in [0.2, 0.25) is 5.95 Å². The Morgan fingerprint density at radius 2 is 2.22 bits per heavy atom. The fourth-order valence-electron chi connectivity index (χ4n) is 2.43. The summed E-state index contributed by atoms with van der Waals surface area (Å²) in [6.07, 6.45) is 4.28. The number of rotatable bonds is 2. The largest absolute Gasteiger partial charge is 0.391 e. The molecule has 0 aromatic carbocycles. The molecule has 1 heterocycles. The van der Waals surface area contributed by atoms with Gasteiger partial charge in [-0.15, -0.1) is 0 Å². The van der Waals surface area contributed by atoms with Gasteiger partial charge in [0.15, 0.2) is 0 Å². The van der Waals surface area contributed by atoms with Gasteiger partial charge < -0.3 is 10.0 Å². The molecule has 0 spiro atoms. The minimum atomic E-state index is -0.668. The average molecular weight is 252 g/mol. The second kappa shape index (κ2) is 5.44. The lowest BCUT2D eigenvalue weighted by atomic mass is 9.91. The van der Waals surface area contributed by atoms with E-state index >= 15 is 0 Å². The number of aromatic nitrogens is 1. The van der Waals surface area contributed by atoms with Crippen molar-refractivity contribution in [2.45, 2.75) is 37.8 Å². The SMILES string of the molecule is CN(C(=O)c1ccnc(F)c1)C1CCCCC1O. The Bertz CT molecular complexity index is 439. The van der Waals surface area contributed by atoms with Crippen LogP contribution in [0, 0.1) is 5.95 Å². The summed E-state index contributed by atoms with van der Waals surface area (Å²) in [7, 11) is 1.65. The third-order valence-corrected chi connectivity index (χ3v) is 3.49. The van der Waals surface area contributed by atoms with Crippen molar-refractivity contribution >= 4 is 5.91 Å². The Kier molecular flexibility index (Phi) is 3.91. The molecule has 1 N–H and O–H groups in total. The first-order chi connectivity index (χ1) is 8.59. The molecule has 2 rings (SSSR count). The highest BCUT2D eigenvalue weighted by Gasteiger charge is 2.29. The van der Waals surface area contributed by atoms with Crippen molar-refractivity contribution in [2.24, 2.45) is 0 Å². The maximum absolute atomic E-state index is 13.0. The molecule has 1 aliphatic carbocycles. The molecule has 1 aliphatic rings. The van der Waals surface area contributed by atoms with Crippen molar-refractivity contribution in [2.75, 3.05) is 7.05 Å². The maximum atomic E-state index is 13.0. The standard InChI is InChI=1S/C13H17FN2O2/c1-16(10-4-2-3-5-11(10)17)13(18)9-6-7-15-12(14)8-9/h6-8,10-11,17H,2-5H2,1H3. The van der Waals surface area contributed by atoms with Gasteiger partial charge in [0.05, 0.1) is 12.1 Å². The molecule has 98 valence electrons. The van der Waals surface area contributed by atoms with Crippen LogP contribution < -0.4 is 0 Å². The molecule has 2 atom stereocenters.